The van der Waals surface area contributed by atoms with E-state index in [2.05, 4.69) is 5.32 Å². The Kier molecular flexibility index (Phi) is 6.01. The minimum atomic E-state index is -0.684. The zero-order valence-corrected chi connectivity index (χ0v) is 17.5. The number of amides is 3. The largest absolute Gasteiger partial charge is 0.497 e. The van der Waals surface area contributed by atoms with Crippen LogP contribution in [0, 0.1) is 0 Å². The molecule has 3 amide bonds. The summed E-state index contributed by atoms with van der Waals surface area (Å²) in [4.78, 5) is 28.9. The van der Waals surface area contributed by atoms with Crippen LogP contribution in [0.5, 0.6) is 23.0 Å². The van der Waals surface area contributed by atoms with E-state index >= 15 is 0 Å². The van der Waals surface area contributed by atoms with Crippen LogP contribution in [0.3, 0.4) is 0 Å². The molecule has 2 aliphatic rings. The van der Waals surface area contributed by atoms with Gasteiger partial charge in [0.2, 0.25) is 6.10 Å². The first-order chi connectivity index (χ1) is 15.1. The van der Waals surface area contributed by atoms with E-state index in [4.69, 9.17) is 18.9 Å². The SMILES string of the molecule is COc1ccc(OC)c(NC(=O)N2CCN(C(=O)[C@@H]3COc4ccccc4O3)CC2)c1. The van der Waals surface area contributed by atoms with Crippen molar-refractivity contribution in [2.45, 2.75) is 6.10 Å². The lowest BCUT2D eigenvalue weighted by molar-refractivity contribution is -0.142. The molecule has 0 unspecified atom stereocenters. The summed E-state index contributed by atoms with van der Waals surface area (Å²) in [5.41, 5.74) is 0.525. The molecule has 164 valence electrons. The Morgan fingerprint density at radius 1 is 0.968 bits per heavy atom. The van der Waals surface area contributed by atoms with Crippen LogP contribution in [0.25, 0.3) is 0 Å². The zero-order valence-electron chi connectivity index (χ0n) is 17.5. The smallest absolute Gasteiger partial charge is 0.322 e. The quantitative estimate of drug-likeness (QED) is 0.805. The molecule has 0 bridgehead atoms. The zero-order chi connectivity index (χ0) is 21.8. The van der Waals surface area contributed by atoms with Gasteiger partial charge in [0.15, 0.2) is 11.5 Å². The summed E-state index contributed by atoms with van der Waals surface area (Å²) in [7, 11) is 3.10. The summed E-state index contributed by atoms with van der Waals surface area (Å²) >= 11 is 0. The Labute approximate surface area is 180 Å². The third-order valence-corrected chi connectivity index (χ3v) is 5.31. The van der Waals surface area contributed by atoms with Crippen molar-refractivity contribution in [3.63, 3.8) is 0 Å². The average Bonchev–Trinajstić information content (AvgIpc) is 2.83. The first-order valence-electron chi connectivity index (χ1n) is 10.0. The molecule has 0 saturated carbocycles. The maximum Gasteiger partial charge on any atom is 0.322 e. The third kappa shape index (κ3) is 4.45. The van der Waals surface area contributed by atoms with Gasteiger partial charge in [0.1, 0.15) is 18.1 Å². The molecule has 0 spiro atoms. The number of fused-ring (bicyclic) bond motifs is 1. The number of methoxy groups -OCH3 is 2. The fourth-order valence-corrected chi connectivity index (χ4v) is 3.58. The van der Waals surface area contributed by atoms with Gasteiger partial charge in [-0.05, 0) is 24.3 Å². The Balaban J connectivity index is 1.32. The number of piperazine rings is 1. The summed E-state index contributed by atoms with van der Waals surface area (Å²) < 4.78 is 22.0. The van der Waals surface area contributed by atoms with E-state index in [1.165, 1.54) is 7.11 Å². The average molecular weight is 427 g/mol. The number of benzene rings is 2. The number of hydrogen-bond acceptors (Lipinski definition) is 6. The first-order valence-corrected chi connectivity index (χ1v) is 10.0. The predicted molar refractivity (Wildman–Crippen MR) is 113 cm³/mol. The number of urea groups is 1. The summed E-state index contributed by atoms with van der Waals surface area (Å²) in [6.07, 6.45) is -0.684. The molecular formula is C22H25N3O6. The minimum Gasteiger partial charge on any atom is -0.497 e. The van der Waals surface area contributed by atoms with Crippen LogP contribution in [0.15, 0.2) is 42.5 Å². The van der Waals surface area contributed by atoms with Gasteiger partial charge in [0.25, 0.3) is 5.91 Å². The van der Waals surface area contributed by atoms with Crippen molar-refractivity contribution >= 4 is 17.6 Å². The monoisotopic (exact) mass is 427 g/mol. The summed E-state index contributed by atoms with van der Waals surface area (Å²) in [5, 5.41) is 2.86. The van der Waals surface area contributed by atoms with Gasteiger partial charge in [0, 0.05) is 32.2 Å². The Hall–Kier alpha value is -3.62. The van der Waals surface area contributed by atoms with Gasteiger partial charge in [-0.3, -0.25) is 4.79 Å². The van der Waals surface area contributed by atoms with Gasteiger partial charge in [-0.15, -0.1) is 0 Å². The van der Waals surface area contributed by atoms with E-state index in [-0.39, 0.29) is 18.5 Å². The van der Waals surface area contributed by atoms with Crippen molar-refractivity contribution in [1.82, 2.24) is 9.80 Å². The molecule has 2 aromatic carbocycles. The highest BCUT2D eigenvalue weighted by Gasteiger charge is 2.33. The van der Waals surface area contributed by atoms with Crippen LogP contribution < -0.4 is 24.3 Å². The molecule has 2 heterocycles. The highest BCUT2D eigenvalue weighted by atomic mass is 16.6. The van der Waals surface area contributed by atoms with Gasteiger partial charge in [-0.2, -0.15) is 0 Å². The molecule has 9 nitrogen and oxygen atoms in total. The second-order valence-electron chi connectivity index (χ2n) is 7.17. The fraction of sp³-hybridized carbons (Fsp3) is 0.364. The standard InChI is InChI=1S/C22H25N3O6/c1-28-15-7-8-17(29-2)16(13-15)23-22(27)25-11-9-24(10-12-25)21(26)20-14-30-18-5-3-4-6-19(18)31-20/h3-8,13,20H,9-12,14H2,1-2H3,(H,23,27)/t20-/m0/s1. The fourth-order valence-electron chi connectivity index (χ4n) is 3.58. The number of nitrogens with one attached hydrogen (secondary N) is 1. The van der Waals surface area contributed by atoms with Gasteiger partial charge < -0.3 is 34.1 Å². The van der Waals surface area contributed by atoms with Crippen LogP contribution in [-0.4, -0.2) is 74.8 Å². The maximum atomic E-state index is 12.9. The summed E-state index contributed by atoms with van der Waals surface area (Å²) in [6.45, 7) is 1.83. The van der Waals surface area contributed by atoms with Gasteiger partial charge in [-0.1, -0.05) is 12.1 Å². The third-order valence-electron chi connectivity index (χ3n) is 5.31. The van der Waals surface area contributed by atoms with Crippen LogP contribution in [0.1, 0.15) is 0 Å². The highest BCUT2D eigenvalue weighted by molar-refractivity contribution is 5.91. The topological polar surface area (TPSA) is 89.6 Å². The lowest BCUT2D eigenvalue weighted by Gasteiger charge is -2.37. The first kappa shape index (κ1) is 20.6. The van der Waals surface area contributed by atoms with Crippen LogP contribution in [-0.2, 0) is 4.79 Å². The van der Waals surface area contributed by atoms with Crippen molar-refractivity contribution in [1.29, 1.82) is 0 Å². The van der Waals surface area contributed by atoms with Crippen molar-refractivity contribution < 1.29 is 28.5 Å². The number of rotatable bonds is 4. The normalized spacial score (nSPS) is 17.7. The van der Waals surface area contributed by atoms with Crippen molar-refractivity contribution in [3.8, 4) is 23.0 Å². The number of carbonyl (C=O) groups excluding carboxylic acids is 2. The number of carbonyl (C=O) groups is 2. The van der Waals surface area contributed by atoms with E-state index in [0.29, 0.717) is 54.9 Å². The molecule has 0 radical (unpaired) electrons. The number of hydrogen-bond donors (Lipinski definition) is 1. The number of para-hydroxylation sites is 2. The van der Waals surface area contributed by atoms with Crippen molar-refractivity contribution in [3.05, 3.63) is 42.5 Å². The predicted octanol–water partition coefficient (Wildman–Crippen LogP) is 2.22. The molecule has 1 saturated heterocycles. The van der Waals surface area contributed by atoms with Gasteiger partial charge >= 0.3 is 6.03 Å². The minimum absolute atomic E-state index is 0.135. The molecule has 9 heteroatoms. The lowest BCUT2D eigenvalue weighted by Crippen LogP contribution is -2.55. The summed E-state index contributed by atoms with van der Waals surface area (Å²) in [6, 6.07) is 12.2. The molecule has 2 aromatic rings. The molecular weight excluding hydrogens is 402 g/mol. The molecule has 2 aliphatic heterocycles. The second kappa shape index (κ2) is 9.03. The number of ether oxygens (including phenoxy) is 4. The Morgan fingerprint density at radius 3 is 2.39 bits per heavy atom. The van der Waals surface area contributed by atoms with E-state index in [9.17, 15) is 9.59 Å². The molecule has 4 rings (SSSR count). The summed E-state index contributed by atoms with van der Waals surface area (Å²) in [5.74, 6) is 2.22. The molecule has 31 heavy (non-hydrogen) atoms. The van der Waals surface area contributed by atoms with Crippen molar-refractivity contribution in [2.24, 2.45) is 0 Å². The van der Waals surface area contributed by atoms with Crippen LogP contribution in [0.4, 0.5) is 10.5 Å². The molecule has 0 aliphatic carbocycles. The van der Waals surface area contributed by atoms with Gasteiger partial charge in [0.05, 0.1) is 19.9 Å². The van der Waals surface area contributed by atoms with E-state index in [1.54, 1.807) is 41.2 Å². The molecule has 1 fully saturated rings. The second-order valence-corrected chi connectivity index (χ2v) is 7.17. The van der Waals surface area contributed by atoms with E-state index in [1.807, 2.05) is 18.2 Å². The Morgan fingerprint density at radius 2 is 1.68 bits per heavy atom. The molecule has 0 aromatic heterocycles. The maximum absolute atomic E-state index is 12.9. The van der Waals surface area contributed by atoms with Gasteiger partial charge in [-0.25, -0.2) is 4.79 Å². The van der Waals surface area contributed by atoms with E-state index < -0.39 is 6.10 Å². The number of nitrogens with zero attached hydrogens (tertiary/aromatic N) is 2. The van der Waals surface area contributed by atoms with Crippen LogP contribution >= 0.6 is 0 Å². The number of anilines is 1. The molecule has 1 atom stereocenters. The van der Waals surface area contributed by atoms with E-state index in [0.717, 1.165) is 0 Å². The lowest BCUT2D eigenvalue weighted by atomic mass is 10.2. The molecule has 1 N–H and O–H groups in total. The van der Waals surface area contributed by atoms with Crippen molar-refractivity contribution in [2.75, 3.05) is 52.3 Å². The Bertz CT molecular complexity index is 958. The van der Waals surface area contributed by atoms with Crippen LogP contribution in [0.2, 0.25) is 0 Å². The highest BCUT2D eigenvalue weighted by Crippen LogP contribution is 2.32.